The molecule has 1 aliphatic rings. The molecule has 1 N–H and O–H groups in total. The number of aryl methyl sites for hydroxylation is 2. The summed E-state index contributed by atoms with van der Waals surface area (Å²) in [6.07, 6.45) is 4.72. The van der Waals surface area contributed by atoms with Crippen molar-refractivity contribution in [1.82, 2.24) is 20.2 Å². The van der Waals surface area contributed by atoms with Crippen molar-refractivity contribution in [3.05, 3.63) is 16.5 Å². The molecule has 2 aromatic rings. The highest BCUT2D eigenvalue weighted by Crippen LogP contribution is 2.35. The highest BCUT2D eigenvalue weighted by Gasteiger charge is 2.26. The summed E-state index contributed by atoms with van der Waals surface area (Å²) in [5.74, 6) is -0.703. The van der Waals surface area contributed by atoms with Crippen molar-refractivity contribution in [2.24, 2.45) is 5.92 Å². The van der Waals surface area contributed by atoms with E-state index in [0.717, 1.165) is 17.7 Å². The van der Waals surface area contributed by atoms with Crippen LogP contribution in [-0.2, 0) is 17.6 Å². The van der Waals surface area contributed by atoms with Gasteiger partial charge < -0.3 is 5.11 Å². The van der Waals surface area contributed by atoms with Gasteiger partial charge in [-0.3, -0.25) is 4.79 Å². The summed E-state index contributed by atoms with van der Waals surface area (Å²) in [5.41, 5.74) is 1.40. The molecule has 0 bridgehead atoms. The molecule has 112 valence electrons. The molecule has 2 heterocycles. The molecule has 0 saturated carbocycles. The van der Waals surface area contributed by atoms with Gasteiger partial charge in [0, 0.05) is 4.88 Å². The number of nitrogens with zero attached hydrogens (tertiary/aromatic N) is 4. The summed E-state index contributed by atoms with van der Waals surface area (Å²) in [6.45, 7) is 3.52. The van der Waals surface area contributed by atoms with E-state index < -0.39 is 11.9 Å². The zero-order valence-corrected chi connectivity index (χ0v) is 12.9. The summed E-state index contributed by atoms with van der Waals surface area (Å²) in [4.78, 5) is 13.6. The molecule has 2 atom stereocenters. The number of aromatic nitrogens is 4. The maximum atomic E-state index is 11.2. The van der Waals surface area contributed by atoms with Gasteiger partial charge in [0.15, 0.2) is 5.82 Å². The lowest BCUT2D eigenvalue weighted by atomic mass is 9.99. The Balaban J connectivity index is 1.95. The van der Waals surface area contributed by atoms with Crippen molar-refractivity contribution in [3.8, 4) is 10.7 Å². The molecular formula is C14H18N4O2S. The van der Waals surface area contributed by atoms with E-state index in [9.17, 15) is 4.79 Å². The molecule has 6 nitrogen and oxygen atoms in total. The second kappa shape index (κ2) is 5.55. The van der Waals surface area contributed by atoms with Gasteiger partial charge in [0.1, 0.15) is 0 Å². The second-order valence-corrected chi connectivity index (χ2v) is 6.72. The number of hydrogen-bond acceptors (Lipinski definition) is 5. The first kappa shape index (κ1) is 14.2. The Hall–Kier alpha value is -1.76. The second-order valence-electron chi connectivity index (χ2n) is 5.58. The van der Waals surface area contributed by atoms with Gasteiger partial charge in [-0.2, -0.15) is 0 Å². The van der Waals surface area contributed by atoms with E-state index in [1.54, 1.807) is 22.9 Å². The number of carboxylic acids is 1. The SMILES string of the molecule is CC(C(=O)O)C(C)n1nnnc1-c1cc2c(s1)CCCC2. The molecule has 0 radical (unpaired) electrons. The van der Waals surface area contributed by atoms with Gasteiger partial charge in [-0.15, -0.1) is 16.4 Å². The van der Waals surface area contributed by atoms with Crippen molar-refractivity contribution in [3.63, 3.8) is 0 Å². The number of thiophene rings is 1. The highest BCUT2D eigenvalue weighted by molar-refractivity contribution is 7.15. The number of carboxylic acid groups (broad SMARTS) is 1. The molecule has 0 saturated heterocycles. The van der Waals surface area contributed by atoms with Crippen LogP contribution in [0.3, 0.4) is 0 Å². The van der Waals surface area contributed by atoms with E-state index in [4.69, 9.17) is 5.11 Å². The number of tetrazole rings is 1. The topological polar surface area (TPSA) is 80.9 Å². The molecule has 0 aromatic carbocycles. The minimum absolute atomic E-state index is 0.286. The molecule has 3 rings (SSSR count). The third kappa shape index (κ3) is 2.57. The summed E-state index contributed by atoms with van der Waals surface area (Å²) in [5, 5.41) is 21.0. The van der Waals surface area contributed by atoms with E-state index in [0.29, 0.717) is 5.82 Å². The molecule has 1 aliphatic carbocycles. The maximum absolute atomic E-state index is 11.2. The fraction of sp³-hybridized carbons (Fsp3) is 0.571. The quantitative estimate of drug-likeness (QED) is 0.939. The lowest BCUT2D eigenvalue weighted by molar-refractivity contribution is -0.142. The summed E-state index contributed by atoms with van der Waals surface area (Å²) >= 11 is 1.73. The number of rotatable bonds is 4. The van der Waals surface area contributed by atoms with Gasteiger partial charge in [-0.1, -0.05) is 0 Å². The first-order valence-electron chi connectivity index (χ1n) is 7.20. The number of fused-ring (bicyclic) bond motifs is 1. The van der Waals surface area contributed by atoms with Crippen LogP contribution in [-0.4, -0.2) is 31.3 Å². The smallest absolute Gasteiger partial charge is 0.308 e. The first-order chi connectivity index (χ1) is 10.1. The van der Waals surface area contributed by atoms with Crippen molar-refractivity contribution in [2.45, 2.75) is 45.6 Å². The number of carbonyl (C=O) groups is 1. The van der Waals surface area contributed by atoms with Crippen molar-refractivity contribution in [1.29, 1.82) is 0 Å². The van der Waals surface area contributed by atoms with E-state index in [1.807, 2.05) is 6.92 Å². The Labute approximate surface area is 126 Å². The minimum Gasteiger partial charge on any atom is -0.481 e. The van der Waals surface area contributed by atoms with Crippen LogP contribution in [0.25, 0.3) is 10.7 Å². The molecule has 2 aromatic heterocycles. The van der Waals surface area contributed by atoms with Crippen molar-refractivity contribution in [2.75, 3.05) is 0 Å². The van der Waals surface area contributed by atoms with Crippen molar-refractivity contribution < 1.29 is 9.90 Å². The third-order valence-corrected chi connectivity index (χ3v) is 5.44. The fourth-order valence-electron chi connectivity index (χ4n) is 2.65. The van der Waals surface area contributed by atoms with Crippen LogP contribution in [0.2, 0.25) is 0 Å². The van der Waals surface area contributed by atoms with E-state index in [-0.39, 0.29) is 6.04 Å². The largest absolute Gasteiger partial charge is 0.481 e. The maximum Gasteiger partial charge on any atom is 0.308 e. The van der Waals surface area contributed by atoms with Gasteiger partial charge in [0.2, 0.25) is 0 Å². The van der Waals surface area contributed by atoms with Crippen LogP contribution in [0.1, 0.15) is 43.2 Å². The van der Waals surface area contributed by atoms with Gasteiger partial charge in [-0.25, -0.2) is 4.68 Å². The Morgan fingerprint density at radius 2 is 2.14 bits per heavy atom. The Morgan fingerprint density at radius 1 is 1.38 bits per heavy atom. The number of hydrogen-bond donors (Lipinski definition) is 1. The lowest BCUT2D eigenvalue weighted by Gasteiger charge is -2.16. The lowest BCUT2D eigenvalue weighted by Crippen LogP contribution is -2.23. The third-order valence-electron chi connectivity index (χ3n) is 4.21. The molecule has 2 unspecified atom stereocenters. The fourth-order valence-corrected chi connectivity index (χ4v) is 3.88. The molecule has 0 amide bonds. The van der Waals surface area contributed by atoms with Gasteiger partial charge in [0.25, 0.3) is 0 Å². The van der Waals surface area contributed by atoms with E-state index >= 15 is 0 Å². The van der Waals surface area contributed by atoms with Crippen LogP contribution in [0.15, 0.2) is 6.07 Å². The predicted octanol–water partition coefficient (Wildman–Crippen LogP) is 2.56. The zero-order valence-electron chi connectivity index (χ0n) is 12.1. The minimum atomic E-state index is -0.838. The van der Waals surface area contributed by atoms with Crippen molar-refractivity contribution >= 4 is 17.3 Å². The van der Waals surface area contributed by atoms with Gasteiger partial charge >= 0.3 is 5.97 Å². The van der Waals surface area contributed by atoms with E-state index in [1.165, 1.54) is 23.3 Å². The molecular weight excluding hydrogens is 288 g/mol. The Kier molecular flexibility index (Phi) is 3.75. The molecule has 0 spiro atoms. The van der Waals surface area contributed by atoms with Gasteiger partial charge in [0.05, 0.1) is 16.8 Å². The monoisotopic (exact) mass is 306 g/mol. The Bertz CT molecular complexity index is 640. The molecule has 0 fully saturated rings. The van der Waals surface area contributed by atoms with Crippen LogP contribution in [0.4, 0.5) is 0 Å². The predicted molar refractivity (Wildman–Crippen MR) is 79.3 cm³/mol. The Morgan fingerprint density at radius 3 is 2.86 bits per heavy atom. The first-order valence-corrected chi connectivity index (χ1v) is 8.02. The molecule has 0 aliphatic heterocycles. The summed E-state index contributed by atoms with van der Waals surface area (Å²) in [6, 6.07) is 1.88. The molecule has 21 heavy (non-hydrogen) atoms. The standard InChI is InChI=1S/C14H18N4O2S/c1-8(14(19)20)9(2)18-13(15-16-17-18)12-7-10-5-3-4-6-11(10)21-12/h7-9H,3-6H2,1-2H3,(H,19,20). The highest BCUT2D eigenvalue weighted by atomic mass is 32.1. The average Bonchev–Trinajstić information content (AvgIpc) is 3.11. The van der Waals surface area contributed by atoms with E-state index in [2.05, 4.69) is 21.6 Å². The summed E-state index contributed by atoms with van der Waals surface area (Å²) < 4.78 is 1.63. The zero-order chi connectivity index (χ0) is 15.0. The van der Waals surface area contributed by atoms with Crippen LogP contribution < -0.4 is 0 Å². The van der Waals surface area contributed by atoms with Gasteiger partial charge in [-0.05, 0) is 61.6 Å². The normalized spacial score (nSPS) is 17.2. The van der Waals surface area contributed by atoms with Crippen LogP contribution >= 0.6 is 11.3 Å². The summed E-state index contributed by atoms with van der Waals surface area (Å²) in [7, 11) is 0. The molecule has 7 heteroatoms. The number of aliphatic carboxylic acids is 1. The van der Waals surface area contributed by atoms with Crippen LogP contribution in [0, 0.1) is 5.92 Å². The van der Waals surface area contributed by atoms with Crippen LogP contribution in [0.5, 0.6) is 0 Å². The average molecular weight is 306 g/mol.